The van der Waals surface area contributed by atoms with Gasteiger partial charge in [0.25, 0.3) is 0 Å². The van der Waals surface area contributed by atoms with Gasteiger partial charge in [0.15, 0.2) is 0 Å². The molecule has 2 rings (SSSR count). The molecule has 0 spiro atoms. The first kappa shape index (κ1) is 18.2. The molecule has 0 aliphatic rings. The molecule has 1 unspecified atom stereocenters. The molecule has 0 aliphatic heterocycles. The minimum atomic E-state index is -0.117. The second-order valence-corrected chi connectivity index (χ2v) is 7.31. The molecule has 0 saturated heterocycles. The largest absolute Gasteiger partial charge is 0.319 e. The molecule has 0 bridgehead atoms. The second kappa shape index (κ2) is 7.18. The number of hydrogen-bond acceptors (Lipinski definition) is 3. The number of para-hydroxylation sites is 1. The SMILES string of the molecule is CNCC(C)C(=O)Nc1cc(C(C)(C)C)nn1-c1ccccc1C. The fourth-order valence-corrected chi connectivity index (χ4v) is 2.47. The molecule has 0 fully saturated rings. The maximum Gasteiger partial charge on any atom is 0.229 e. The molecule has 1 amide bonds. The zero-order chi connectivity index (χ0) is 17.9. The van der Waals surface area contributed by atoms with E-state index in [0.29, 0.717) is 12.4 Å². The first-order chi connectivity index (χ1) is 11.2. The van der Waals surface area contributed by atoms with Gasteiger partial charge in [0.2, 0.25) is 5.91 Å². The Morgan fingerprint density at radius 1 is 1.29 bits per heavy atom. The van der Waals surface area contributed by atoms with E-state index >= 15 is 0 Å². The van der Waals surface area contributed by atoms with Crippen LogP contribution >= 0.6 is 0 Å². The first-order valence-corrected chi connectivity index (χ1v) is 8.36. The first-order valence-electron chi connectivity index (χ1n) is 8.36. The highest BCUT2D eigenvalue weighted by molar-refractivity contribution is 5.92. The van der Waals surface area contributed by atoms with Crippen molar-refractivity contribution >= 4 is 11.7 Å². The molecular formula is C19H28N4O. The molecule has 2 N–H and O–H groups in total. The van der Waals surface area contributed by atoms with Crippen molar-refractivity contribution in [3.8, 4) is 5.69 Å². The highest BCUT2D eigenvalue weighted by Gasteiger charge is 2.23. The molecular weight excluding hydrogens is 300 g/mol. The molecule has 5 heteroatoms. The molecule has 130 valence electrons. The smallest absolute Gasteiger partial charge is 0.229 e. The third-order valence-corrected chi connectivity index (χ3v) is 4.03. The van der Waals surface area contributed by atoms with Crippen LogP contribution < -0.4 is 10.6 Å². The van der Waals surface area contributed by atoms with E-state index in [4.69, 9.17) is 5.10 Å². The number of rotatable bonds is 5. The van der Waals surface area contributed by atoms with Crippen molar-refractivity contribution in [2.24, 2.45) is 5.92 Å². The second-order valence-electron chi connectivity index (χ2n) is 7.31. The zero-order valence-corrected chi connectivity index (χ0v) is 15.5. The average Bonchev–Trinajstić information content (AvgIpc) is 2.92. The van der Waals surface area contributed by atoms with Crippen LogP contribution in [0.2, 0.25) is 0 Å². The Balaban J connectivity index is 2.44. The van der Waals surface area contributed by atoms with E-state index in [1.54, 1.807) is 0 Å². The van der Waals surface area contributed by atoms with Gasteiger partial charge < -0.3 is 10.6 Å². The Kier molecular flexibility index (Phi) is 5.44. The van der Waals surface area contributed by atoms with E-state index < -0.39 is 0 Å². The summed E-state index contributed by atoms with van der Waals surface area (Å²) in [6.07, 6.45) is 0. The summed E-state index contributed by atoms with van der Waals surface area (Å²) in [6.45, 7) is 10.9. The summed E-state index contributed by atoms with van der Waals surface area (Å²) < 4.78 is 1.83. The Morgan fingerprint density at radius 3 is 2.54 bits per heavy atom. The number of amides is 1. The van der Waals surface area contributed by atoms with Crippen molar-refractivity contribution < 1.29 is 4.79 Å². The average molecular weight is 328 g/mol. The van der Waals surface area contributed by atoms with Crippen LogP contribution in [0.25, 0.3) is 5.69 Å². The minimum absolute atomic E-state index is 0.0143. The molecule has 1 aromatic carbocycles. The molecule has 1 atom stereocenters. The van der Waals surface area contributed by atoms with Crippen LogP contribution in [0.1, 0.15) is 39.0 Å². The molecule has 1 aromatic heterocycles. The van der Waals surface area contributed by atoms with Gasteiger partial charge in [-0.2, -0.15) is 5.10 Å². The normalized spacial score (nSPS) is 12.9. The van der Waals surface area contributed by atoms with Crippen molar-refractivity contribution in [2.45, 2.75) is 40.0 Å². The van der Waals surface area contributed by atoms with Crippen LogP contribution in [0, 0.1) is 12.8 Å². The van der Waals surface area contributed by atoms with Crippen LogP contribution in [-0.2, 0) is 10.2 Å². The lowest BCUT2D eigenvalue weighted by atomic mass is 9.92. The van der Waals surface area contributed by atoms with Gasteiger partial charge in [-0.1, -0.05) is 45.9 Å². The van der Waals surface area contributed by atoms with Crippen molar-refractivity contribution in [1.82, 2.24) is 15.1 Å². The summed E-state index contributed by atoms with van der Waals surface area (Å²) in [5.41, 5.74) is 2.94. The molecule has 5 nitrogen and oxygen atoms in total. The summed E-state index contributed by atoms with van der Waals surface area (Å²) in [6, 6.07) is 10.0. The summed E-state index contributed by atoms with van der Waals surface area (Å²) in [5.74, 6) is 0.579. The zero-order valence-electron chi connectivity index (χ0n) is 15.5. The van der Waals surface area contributed by atoms with E-state index in [1.807, 2.05) is 55.9 Å². The standard InChI is InChI=1S/C19H28N4O/c1-13-9-7-8-10-15(13)23-17(11-16(22-23)19(3,4)5)21-18(24)14(2)12-20-6/h7-11,14,20H,12H2,1-6H3,(H,21,24). The number of benzene rings is 1. The predicted octanol–water partition coefficient (Wildman–Crippen LogP) is 3.27. The molecule has 24 heavy (non-hydrogen) atoms. The van der Waals surface area contributed by atoms with Crippen LogP contribution in [-0.4, -0.2) is 29.3 Å². The van der Waals surface area contributed by atoms with Gasteiger partial charge in [0, 0.05) is 23.9 Å². The lowest BCUT2D eigenvalue weighted by molar-refractivity contribution is -0.119. The molecule has 0 saturated carbocycles. The van der Waals surface area contributed by atoms with Gasteiger partial charge in [-0.25, -0.2) is 4.68 Å². The molecule has 2 aromatic rings. The maximum atomic E-state index is 12.4. The van der Waals surface area contributed by atoms with Crippen LogP contribution in [0.3, 0.4) is 0 Å². The summed E-state index contributed by atoms with van der Waals surface area (Å²) >= 11 is 0. The van der Waals surface area contributed by atoms with Crippen molar-refractivity contribution in [2.75, 3.05) is 18.9 Å². The Hall–Kier alpha value is -2.14. The van der Waals surface area contributed by atoms with Gasteiger partial charge in [0.05, 0.1) is 11.4 Å². The molecule has 1 heterocycles. The fourth-order valence-electron chi connectivity index (χ4n) is 2.47. The number of aryl methyl sites for hydroxylation is 1. The van der Waals surface area contributed by atoms with Gasteiger partial charge in [-0.05, 0) is 25.6 Å². The highest BCUT2D eigenvalue weighted by Crippen LogP contribution is 2.27. The number of hydrogen-bond donors (Lipinski definition) is 2. The number of carbonyl (C=O) groups is 1. The van der Waals surface area contributed by atoms with Gasteiger partial charge in [-0.15, -0.1) is 0 Å². The predicted molar refractivity (Wildman–Crippen MR) is 98.7 cm³/mol. The lowest BCUT2D eigenvalue weighted by Crippen LogP contribution is -2.29. The van der Waals surface area contributed by atoms with Gasteiger partial charge in [-0.3, -0.25) is 4.79 Å². The lowest BCUT2D eigenvalue weighted by Gasteiger charge is -2.14. The summed E-state index contributed by atoms with van der Waals surface area (Å²) in [5, 5.41) is 10.8. The minimum Gasteiger partial charge on any atom is -0.319 e. The number of anilines is 1. The quantitative estimate of drug-likeness (QED) is 0.885. The third kappa shape index (κ3) is 4.03. The van der Waals surface area contributed by atoms with Crippen molar-refractivity contribution in [1.29, 1.82) is 0 Å². The third-order valence-electron chi connectivity index (χ3n) is 4.03. The van der Waals surface area contributed by atoms with Crippen LogP contribution in [0.4, 0.5) is 5.82 Å². The van der Waals surface area contributed by atoms with Crippen molar-refractivity contribution in [3.05, 3.63) is 41.6 Å². The molecule has 0 radical (unpaired) electrons. The van der Waals surface area contributed by atoms with Crippen LogP contribution in [0.5, 0.6) is 0 Å². The van der Waals surface area contributed by atoms with Crippen LogP contribution in [0.15, 0.2) is 30.3 Å². The van der Waals surface area contributed by atoms with E-state index in [0.717, 1.165) is 16.9 Å². The van der Waals surface area contributed by atoms with Gasteiger partial charge in [0.1, 0.15) is 5.82 Å². The number of nitrogens with one attached hydrogen (secondary N) is 2. The summed E-state index contributed by atoms with van der Waals surface area (Å²) in [4.78, 5) is 12.4. The van der Waals surface area contributed by atoms with Gasteiger partial charge >= 0.3 is 0 Å². The number of carbonyl (C=O) groups excluding carboxylic acids is 1. The maximum absolute atomic E-state index is 12.4. The van der Waals surface area contributed by atoms with E-state index in [-0.39, 0.29) is 17.2 Å². The topological polar surface area (TPSA) is 59.0 Å². The summed E-state index contributed by atoms with van der Waals surface area (Å²) in [7, 11) is 1.85. The van der Waals surface area contributed by atoms with E-state index in [2.05, 4.69) is 31.4 Å². The fraction of sp³-hybridized carbons (Fsp3) is 0.474. The Labute approximate surface area is 144 Å². The number of aromatic nitrogens is 2. The highest BCUT2D eigenvalue weighted by atomic mass is 16.2. The Bertz CT molecular complexity index is 712. The monoisotopic (exact) mass is 328 g/mol. The Morgan fingerprint density at radius 2 is 1.96 bits per heavy atom. The van der Waals surface area contributed by atoms with Crippen molar-refractivity contribution in [3.63, 3.8) is 0 Å². The van der Waals surface area contributed by atoms with E-state index in [1.165, 1.54) is 0 Å². The molecule has 0 aliphatic carbocycles. The number of nitrogens with zero attached hydrogens (tertiary/aromatic N) is 2. The van der Waals surface area contributed by atoms with E-state index in [9.17, 15) is 4.79 Å².